The number of carboxylic acids is 1. The van der Waals surface area contributed by atoms with Crippen molar-refractivity contribution in [3.63, 3.8) is 0 Å². The molecule has 0 spiro atoms. The predicted octanol–water partition coefficient (Wildman–Crippen LogP) is 5.79. The van der Waals surface area contributed by atoms with Crippen molar-refractivity contribution in [2.75, 3.05) is 17.5 Å². The number of allylic oxidation sites excluding steroid dienone is 1. The van der Waals surface area contributed by atoms with Gasteiger partial charge in [0.2, 0.25) is 0 Å². The average Bonchev–Trinajstić information content (AvgIpc) is 3.30. The zero-order chi connectivity index (χ0) is 29.3. The number of hydrogen-bond acceptors (Lipinski definition) is 6. The Morgan fingerprint density at radius 2 is 2.10 bits per heavy atom. The number of carbonyl (C=O) groups is 1. The van der Waals surface area contributed by atoms with Crippen molar-refractivity contribution in [1.82, 2.24) is 9.78 Å². The summed E-state index contributed by atoms with van der Waals surface area (Å²) in [5.74, 6) is -1.11. The number of ether oxygens (including phenoxy) is 2. The van der Waals surface area contributed by atoms with Crippen LogP contribution in [0, 0.1) is 5.82 Å². The second-order valence-corrected chi connectivity index (χ2v) is 12.3. The van der Waals surface area contributed by atoms with Crippen LogP contribution in [0.1, 0.15) is 56.4 Å². The number of rotatable bonds is 9. The lowest BCUT2D eigenvalue weighted by molar-refractivity contribution is -0.137. The standard InChI is InChI=1S/C29H31ClFN3O6S/c1-3-39-29-28(23-9-4-5-14-33(23)32-29)41(37,38)34-17-20(11-13-26(35)36)40-25-12-10-19(16-24(25)34)15-18(2)27-21(30)7-6-8-22(27)31/h6-8,10,12,15-16,20H,3-5,9,11,13-14,17H2,1-2H3,(H,35,36)/b18-15+/t20-/m0/s1. The van der Waals surface area contributed by atoms with E-state index in [1.807, 2.05) is 0 Å². The van der Waals surface area contributed by atoms with Crippen LogP contribution in [-0.2, 0) is 27.8 Å². The fraction of sp³-hybridized carbons (Fsp3) is 0.379. The molecule has 1 N–H and O–H groups in total. The molecule has 0 radical (unpaired) electrons. The molecule has 0 fully saturated rings. The Bertz CT molecular complexity index is 1600. The van der Waals surface area contributed by atoms with Gasteiger partial charge < -0.3 is 14.6 Å². The molecular weight excluding hydrogens is 573 g/mol. The summed E-state index contributed by atoms with van der Waals surface area (Å²) < 4.78 is 58.2. The predicted molar refractivity (Wildman–Crippen MR) is 154 cm³/mol. The lowest BCUT2D eigenvalue weighted by Gasteiger charge is -2.35. The van der Waals surface area contributed by atoms with Gasteiger partial charge in [0.15, 0.2) is 4.90 Å². The Labute approximate surface area is 243 Å². The van der Waals surface area contributed by atoms with Crippen LogP contribution in [0.25, 0.3) is 11.6 Å². The summed E-state index contributed by atoms with van der Waals surface area (Å²) in [5, 5.41) is 14.0. The number of anilines is 1. The van der Waals surface area contributed by atoms with E-state index < -0.39 is 27.9 Å². The molecular formula is C29H31ClFN3O6S. The molecule has 2 aromatic carbocycles. The number of benzene rings is 2. The molecule has 3 heterocycles. The Balaban J connectivity index is 1.61. The summed E-state index contributed by atoms with van der Waals surface area (Å²) >= 11 is 6.26. The number of fused-ring (bicyclic) bond motifs is 2. The lowest BCUT2D eigenvalue weighted by atomic mass is 10.0. The topological polar surface area (TPSA) is 111 Å². The smallest absolute Gasteiger partial charge is 0.303 e. The van der Waals surface area contributed by atoms with Crippen molar-refractivity contribution >= 4 is 44.9 Å². The summed E-state index contributed by atoms with van der Waals surface area (Å²) in [5.41, 5.74) is 2.30. The Morgan fingerprint density at radius 3 is 2.83 bits per heavy atom. The van der Waals surface area contributed by atoms with E-state index in [-0.39, 0.29) is 53.0 Å². The van der Waals surface area contributed by atoms with Gasteiger partial charge in [0.25, 0.3) is 15.9 Å². The van der Waals surface area contributed by atoms with Gasteiger partial charge in [0, 0.05) is 18.5 Å². The van der Waals surface area contributed by atoms with Crippen LogP contribution in [0.5, 0.6) is 11.6 Å². The first-order chi connectivity index (χ1) is 19.6. The maximum Gasteiger partial charge on any atom is 0.303 e. The minimum Gasteiger partial charge on any atom is -0.486 e. The highest BCUT2D eigenvalue weighted by molar-refractivity contribution is 7.93. The molecule has 0 saturated carbocycles. The molecule has 5 rings (SSSR count). The van der Waals surface area contributed by atoms with Crippen LogP contribution < -0.4 is 13.8 Å². The van der Waals surface area contributed by atoms with E-state index in [4.69, 9.17) is 21.1 Å². The van der Waals surface area contributed by atoms with E-state index in [0.717, 1.165) is 12.8 Å². The van der Waals surface area contributed by atoms with Gasteiger partial charge in [-0.3, -0.25) is 13.8 Å². The highest BCUT2D eigenvalue weighted by Gasteiger charge is 2.40. The molecule has 12 heteroatoms. The molecule has 3 aromatic rings. The molecule has 218 valence electrons. The molecule has 1 atom stereocenters. The number of halogens is 2. The fourth-order valence-corrected chi connectivity index (χ4v) is 7.44. The number of aromatic nitrogens is 2. The van der Waals surface area contributed by atoms with Crippen molar-refractivity contribution < 1.29 is 32.2 Å². The molecule has 1 aromatic heterocycles. The number of aliphatic carboxylic acids is 1. The normalized spacial score (nSPS) is 17.0. The van der Waals surface area contributed by atoms with Gasteiger partial charge in [-0.05, 0) is 74.9 Å². The van der Waals surface area contributed by atoms with Gasteiger partial charge >= 0.3 is 5.97 Å². The average molecular weight is 604 g/mol. The number of sulfonamides is 1. The highest BCUT2D eigenvalue weighted by Crippen LogP contribution is 2.42. The van der Waals surface area contributed by atoms with Crippen molar-refractivity contribution in [3.8, 4) is 11.6 Å². The van der Waals surface area contributed by atoms with Crippen molar-refractivity contribution in [1.29, 1.82) is 0 Å². The molecule has 0 unspecified atom stereocenters. The highest BCUT2D eigenvalue weighted by atomic mass is 35.5. The molecule has 41 heavy (non-hydrogen) atoms. The van der Waals surface area contributed by atoms with Crippen molar-refractivity contribution in [2.45, 2.75) is 63.5 Å². The summed E-state index contributed by atoms with van der Waals surface area (Å²) in [6.07, 6.45) is 3.24. The molecule has 0 amide bonds. The third-order valence-electron chi connectivity index (χ3n) is 7.18. The van der Waals surface area contributed by atoms with Gasteiger partial charge in [0.1, 0.15) is 17.7 Å². The number of carboxylic acid groups (broad SMARTS) is 1. The first-order valence-corrected chi connectivity index (χ1v) is 15.3. The van der Waals surface area contributed by atoms with Crippen LogP contribution in [0.3, 0.4) is 0 Å². The minimum absolute atomic E-state index is 0.0270. The van der Waals surface area contributed by atoms with E-state index in [9.17, 15) is 22.7 Å². The lowest BCUT2D eigenvalue weighted by Crippen LogP contribution is -2.44. The van der Waals surface area contributed by atoms with Crippen LogP contribution in [0.2, 0.25) is 5.02 Å². The van der Waals surface area contributed by atoms with Crippen molar-refractivity contribution in [3.05, 3.63) is 64.1 Å². The van der Waals surface area contributed by atoms with E-state index in [1.165, 1.54) is 16.4 Å². The maximum atomic E-state index is 14.6. The third-order valence-corrected chi connectivity index (χ3v) is 9.34. The molecule has 2 aliphatic rings. The van der Waals surface area contributed by atoms with Gasteiger partial charge in [-0.2, -0.15) is 0 Å². The molecule has 0 aliphatic carbocycles. The van der Waals surface area contributed by atoms with E-state index in [2.05, 4.69) is 5.10 Å². The molecule has 0 saturated heterocycles. The van der Waals surface area contributed by atoms with Crippen LogP contribution in [-0.4, -0.2) is 48.5 Å². The first-order valence-electron chi connectivity index (χ1n) is 13.5. The van der Waals surface area contributed by atoms with Gasteiger partial charge in [0.05, 0.1) is 29.6 Å². The largest absolute Gasteiger partial charge is 0.486 e. The fourth-order valence-electron chi connectivity index (χ4n) is 5.32. The first kappa shape index (κ1) is 28.9. The Kier molecular flexibility index (Phi) is 8.28. The summed E-state index contributed by atoms with van der Waals surface area (Å²) in [7, 11) is -4.21. The second-order valence-electron chi connectivity index (χ2n) is 10.1. The van der Waals surface area contributed by atoms with Crippen LogP contribution >= 0.6 is 11.6 Å². The molecule has 2 aliphatic heterocycles. The number of aryl methyl sites for hydroxylation is 1. The van der Waals surface area contributed by atoms with Gasteiger partial charge in [-0.15, -0.1) is 5.10 Å². The number of nitrogens with zero attached hydrogens (tertiary/aromatic N) is 3. The van der Waals surface area contributed by atoms with E-state index in [0.29, 0.717) is 35.5 Å². The minimum atomic E-state index is -4.21. The van der Waals surface area contributed by atoms with Crippen LogP contribution in [0.4, 0.5) is 10.1 Å². The second kappa shape index (κ2) is 11.7. The molecule has 9 nitrogen and oxygen atoms in total. The maximum absolute atomic E-state index is 14.6. The van der Waals surface area contributed by atoms with E-state index in [1.54, 1.807) is 48.9 Å². The van der Waals surface area contributed by atoms with E-state index >= 15 is 0 Å². The zero-order valence-electron chi connectivity index (χ0n) is 22.8. The monoisotopic (exact) mass is 603 g/mol. The Hall–Kier alpha value is -3.57. The van der Waals surface area contributed by atoms with Gasteiger partial charge in [-0.1, -0.05) is 29.8 Å². The quantitative estimate of drug-likeness (QED) is 0.308. The summed E-state index contributed by atoms with van der Waals surface area (Å²) in [6, 6.07) is 9.49. The molecule has 0 bridgehead atoms. The zero-order valence-corrected chi connectivity index (χ0v) is 24.3. The SMILES string of the molecule is CCOc1nn2c(c1S(=O)(=O)N1C[C@H](CCC(=O)O)Oc3ccc(/C=C(\C)c4c(F)cccc4Cl)cc31)CCCC2. The summed E-state index contributed by atoms with van der Waals surface area (Å²) in [6.45, 7) is 4.24. The third kappa shape index (κ3) is 5.78. The van der Waals surface area contributed by atoms with Gasteiger partial charge in [-0.25, -0.2) is 12.8 Å². The number of hydrogen-bond donors (Lipinski definition) is 1. The summed E-state index contributed by atoms with van der Waals surface area (Å²) in [4.78, 5) is 11.3. The Morgan fingerprint density at radius 1 is 1.29 bits per heavy atom. The van der Waals surface area contributed by atoms with Crippen molar-refractivity contribution in [2.24, 2.45) is 0 Å². The van der Waals surface area contributed by atoms with Crippen LogP contribution in [0.15, 0.2) is 41.3 Å².